The fourth-order valence-corrected chi connectivity index (χ4v) is 0.897. The molecule has 0 aromatic rings. The second-order valence-electron chi connectivity index (χ2n) is 3.08. The highest BCUT2D eigenvalue weighted by Crippen LogP contribution is 1.96. The van der Waals surface area contributed by atoms with E-state index >= 15 is 0 Å². The molecule has 0 aromatic carbocycles. The summed E-state index contributed by atoms with van der Waals surface area (Å²) >= 11 is 0. The number of carbonyl (C=O) groups is 1. The zero-order chi connectivity index (χ0) is 9.56. The predicted molar refractivity (Wildman–Crippen MR) is 47.8 cm³/mol. The van der Waals surface area contributed by atoms with E-state index in [-0.39, 0.29) is 5.97 Å². The number of nitrogens with zero attached hydrogens (tertiary/aromatic N) is 1. The Kier molecular flexibility index (Phi) is 5.66. The summed E-state index contributed by atoms with van der Waals surface area (Å²) in [7, 11) is 5.33. The predicted octanol–water partition coefficient (Wildman–Crippen LogP) is -0.171. The van der Waals surface area contributed by atoms with Gasteiger partial charge in [-0.2, -0.15) is 0 Å². The van der Waals surface area contributed by atoms with Gasteiger partial charge in [-0.3, -0.25) is 4.79 Å². The number of esters is 1. The molecule has 0 aliphatic heterocycles. The van der Waals surface area contributed by atoms with Crippen molar-refractivity contribution in [3.8, 4) is 0 Å². The first-order chi connectivity index (χ1) is 5.57. The minimum absolute atomic E-state index is 0.325. The molecule has 0 rings (SSSR count). The molecule has 72 valence electrons. The van der Waals surface area contributed by atoms with Gasteiger partial charge in [-0.15, -0.1) is 0 Å². The lowest BCUT2D eigenvalue weighted by molar-refractivity contribution is -0.142. The second-order valence-corrected chi connectivity index (χ2v) is 3.08. The van der Waals surface area contributed by atoms with Crippen molar-refractivity contribution < 1.29 is 9.53 Å². The van der Waals surface area contributed by atoms with Crippen molar-refractivity contribution >= 4 is 5.97 Å². The summed E-state index contributed by atoms with van der Waals surface area (Å²) in [5, 5.41) is 0. The van der Waals surface area contributed by atoms with Gasteiger partial charge in [0.25, 0.3) is 0 Å². The van der Waals surface area contributed by atoms with Crippen LogP contribution in [0.1, 0.15) is 12.8 Å². The molecule has 4 heteroatoms. The maximum absolute atomic E-state index is 10.8. The summed E-state index contributed by atoms with van der Waals surface area (Å²) in [6.07, 6.45) is 1.61. The Hall–Kier alpha value is -0.610. The van der Waals surface area contributed by atoms with Gasteiger partial charge in [0, 0.05) is 0 Å². The first-order valence-electron chi connectivity index (χ1n) is 4.06. The fraction of sp³-hybridized carbons (Fsp3) is 0.875. The van der Waals surface area contributed by atoms with Gasteiger partial charge in [0.05, 0.1) is 7.11 Å². The molecular formula is C8H18N2O2. The number of nitrogens with two attached hydrogens (primary N) is 1. The molecule has 0 saturated heterocycles. The van der Waals surface area contributed by atoms with Crippen molar-refractivity contribution in [3.63, 3.8) is 0 Å². The van der Waals surface area contributed by atoms with Crippen molar-refractivity contribution in [1.82, 2.24) is 4.90 Å². The number of hydrogen-bond donors (Lipinski definition) is 1. The lowest BCUT2D eigenvalue weighted by atomic mass is 10.1. The molecule has 0 bridgehead atoms. The number of carbonyl (C=O) groups excluding carboxylic acids is 1. The number of methoxy groups -OCH3 is 1. The van der Waals surface area contributed by atoms with Gasteiger partial charge < -0.3 is 15.4 Å². The lowest BCUT2D eigenvalue weighted by Gasteiger charge is -2.11. The first-order valence-corrected chi connectivity index (χ1v) is 4.06. The molecule has 0 saturated carbocycles. The molecule has 0 amide bonds. The third-order valence-corrected chi connectivity index (χ3v) is 1.62. The standard InChI is InChI=1S/C8H18N2O2/c1-10(2)6-4-5-7(9)8(11)12-3/h7H,4-6,9H2,1-3H3/t7-/m0/s1. The van der Waals surface area contributed by atoms with Crippen LogP contribution in [0.15, 0.2) is 0 Å². The van der Waals surface area contributed by atoms with Crippen LogP contribution in [-0.4, -0.2) is 44.7 Å². The fourth-order valence-electron chi connectivity index (χ4n) is 0.897. The molecule has 0 aromatic heterocycles. The second kappa shape index (κ2) is 5.97. The van der Waals surface area contributed by atoms with E-state index in [0.29, 0.717) is 6.42 Å². The van der Waals surface area contributed by atoms with E-state index in [2.05, 4.69) is 9.64 Å². The molecule has 0 fully saturated rings. The Bertz CT molecular complexity index is 137. The third kappa shape index (κ3) is 5.09. The van der Waals surface area contributed by atoms with Crippen LogP contribution >= 0.6 is 0 Å². The zero-order valence-corrected chi connectivity index (χ0v) is 8.04. The van der Waals surface area contributed by atoms with Gasteiger partial charge in [0.2, 0.25) is 0 Å². The molecule has 0 aliphatic carbocycles. The Morgan fingerprint density at radius 2 is 2.17 bits per heavy atom. The highest BCUT2D eigenvalue weighted by atomic mass is 16.5. The van der Waals surface area contributed by atoms with E-state index < -0.39 is 6.04 Å². The Morgan fingerprint density at radius 1 is 1.58 bits per heavy atom. The molecule has 0 spiro atoms. The Labute approximate surface area is 73.7 Å². The molecular weight excluding hydrogens is 156 g/mol. The molecule has 0 radical (unpaired) electrons. The molecule has 0 unspecified atom stereocenters. The van der Waals surface area contributed by atoms with E-state index in [0.717, 1.165) is 13.0 Å². The van der Waals surface area contributed by atoms with Crippen molar-refractivity contribution in [2.45, 2.75) is 18.9 Å². The SMILES string of the molecule is COC(=O)[C@@H](N)CCCN(C)C. The van der Waals surface area contributed by atoms with Crippen molar-refractivity contribution in [2.75, 3.05) is 27.7 Å². The molecule has 12 heavy (non-hydrogen) atoms. The average molecular weight is 174 g/mol. The van der Waals surface area contributed by atoms with Crippen LogP contribution in [-0.2, 0) is 9.53 Å². The summed E-state index contributed by atoms with van der Waals surface area (Å²) in [6.45, 7) is 0.949. The van der Waals surface area contributed by atoms with Crippen LogP contribution in [0.25, 0.3) is 0 Å². The van der Waals surface area contributed by atoms with Crippen LogP contribution in [0.2, 0.25) is 0 Å². The monoisotopic (exact) mass is 174 g/mol. The Morgan fingerprint density at radius 3 is 2.58 bits per heavy atom. The maximum Gasteiger partial charge on any atom is 0.322 e. The van der Waals surface area contributed by atoms with E-state index in [9.17, 15) is 4.79 Å². The van der Waals surface area contributed by atoms with Gasteiger partial charge in [0.15, 0.2) is 0 Å². The maximum atomic E-state index is 10.8. The van der Waals surface area contributed by atoms with E-state index in [1.54, 1.807) is 0 Å². The third-order valence-electron chi connectivity index (χ3n) is 1.62. The van der Waals surface area contributed by atoms with Crippen LogP contribution in [0.4, 0.5) is 0 Å². The van der Waals surface area contributed by atoms with Gasteiger partial charge in [-0.25, -0.2) is 0 Å². The van der Waals surface area contributed by atoms with Crippen LogP contribution in [0, 0.1) is 0 Å². The molecule has 1 atom stereocenters. The van der Waals surface area contributed by atoms with Gasteiger partial charge in [0.1, 0.15) is 6.04 Å². The number of hydrogen-bond acceptors (Lipinski definition) is 4. The molecule has 4 nitrogen and oxygen atoms in total. The number of ether oxygens (including phenoxy) is 1. The van der Waals surface area contributed by atoms with Gasteiger partial charge >= 0.3 is 5.97 Å². The number of rotatable bonds is 5. The highest BCUT2D eigenvalue weighted by Gasteiger charge is 2.12. The largest absolute Gasteiger partial charge is 0.468 e. The van der Waals surface area contributed by atoms with E-state index in [1.807, 2.05) is 14.1 Å². The molecule has 2 N–H and O–H groups in total. The molecule has 0 heterocycles. The van der Waals surface area contributed by atoms with Crippen molar-refractivity contribution in [1.29, 1.82) is 0 Å². The average Bonchev–Trinajstić information content (AvgIpc) is 2.02. The van der Waals surface area contributed by atoms with E-state index in [4.69, 9.17) is 5.73 Å². The topological polar surface area (TPSA) is 55.6 Å². The first kappa shape index (κ1) is 11.4. The summed E-state index contributed by atoms with van der Waals surface area (Å²) in [5.41, 5.74) is 5.52. The van der Waals surface area contributed by atoms with E-state index in [1.165, 1.54) is 7.11 Å². The van der Waals surface area contributed by atoms with Crippen LogP contribution < -0.4 is 5.73 Å². The zero-order valence-electron chi connectivity index (χ0n) is 8.04. The molecule has 0 aliphatic rings. The van der Waals surface area contributed by atoms with Crippen molar-refractivity contribution in [2.24, 2.45) is 5.73 Å². The van der Waals surface area contributed by atoms with Crippen LogP contribution in [0.5, 0.6) is 0 Å². The summed E-state index contributed by atoms with van der Waals surface area (Å²) in [5.74, 6) is -0.325. The lowest BCUT2D eigenvalue weighted by Crippen LogP contribution is -2.32. The summed E-state index contributed by atoms with van der Waals surface area (Å²) in [4.78, 5) is 12.9. The minimum Gasteiger partial charge on any atom is -0.468 e. The normalized spacial score (nSPS) is 13.1. The van der Waals surface area contributed by atoms with Crippen molar-refractivity contribution in [3.05, 3.63) is 0 Å². The summed E-state index contributed by atoms with van der Waals surface area (Å²) < 4.78 is 4.49. The summed E-state index contributed by atoms with van der Waals surface area (Å²) in [6, 6.07) is -0.463. The van der Waals surface area contributed by atoms with Gasteiger partial charge in [-0.1, -0.05) is 0 Å². The Balaban J connectivity index is 3.43. The smallest absolute Gasteiger partial charge is 0.322 e. The van der Waals surface area contributed by atoms with Gasteiger partial charge in [-0.05, 0) is 33.5 Å². The highest BCUT2D eigenvalue weighted by molar-refractivity contribution is 5.75. The minimum atomic E-state index is -0.463. The van der Waals surface area contributed by atoms with Crippen LogP contribution in [0.3, 0.4) is 0 Å². The quantitative estimate of drug-likeness (QED) is 0.588.